The maximum atomic E-state index is 9.78. The van der Waals surface area contributed by atoms with Gasteiger partial charge in [-0.3, -0.25) is 0 Å². The van der Waals surface area contributed by atoms with Crippen molar-refractivity contribution in [3.63, 3.8) is 0 Å². The van der Waals surface area contributed by atoms with Crippen LogP contribution in [0.3, 0.4) is 0 Å². The maximum Gasteiger partial charge on any atom is 0.0991 e. The Balaban J connectivity index is 1.49. The highest BCUT2D eigenvalue weighted by atomic mass is 15.0. The molecule has 0 amide bonds. The van der Waals surface area contributed by atoms with Crippen LogP contribution in [-0.4, -0.2) is 4.57 Å². The van der Waals surface area contributed by atoms with E-state index in [0.29, 0.717) is 5.56 Å². The summed E-state index contributed by atoms with van der Waals surface area (Å²) in [4.78, 5) is 0. The molecule has 1 aromatic heterocycles. The zero-order chi connectivity index (χ0) is 27.6. The van der Waals surface area contributed by atoms with Crippen LogP contribution in [0.25, 0.3) is 33.8 Å². The lowest BCUT2D eigenvalue weighted by Crippen LogP contribution is -2.28. The lowest BCUT2D eigenvalue weighted by molar-refractivity contribution is 0.769. The van der Waals surface area contributed by atoms with Gasteiger partial charge < -0.3 is 4.57 Å². The fraction of sp³-hybridized carbons (Fsp3) is 0.103. The van der Waals surface area contributed by atoms with E-state index in [1.54, 1.807) is 0 Å². The van der Waals surface area contributed by atoms with Crippen molar-refractivity contribution in [1.82, 2.24) is 4.57 Å². The van der Waals surface area contributed by atoms with Gasteiger partial charge in [-0.1, -0.05) is 90.5 Å². The Morgan fingerprint density at radius 2 is 1.49 bits per heavy atom. The third-order valence-corrected chi connectivity index (χ3v) is 9.06. The lowest BCUT2D eigenvalue weighted by Gasteiger charge is -2.34. The van der Waals surface area contributed by atoms with E-state index in [9.17, 15) is 5.26 Å². The molecule has 2 aliphatic carbocycles. The molecule has 0 spiro atoms. The first kappa shape index (κ1) is 23.7. The average molecular weight is 525 g/mol. The number of hydrogen-bond donors (Lipinski definition) is 0. The summed E-state index contributed by atoms with van der Waals surface area (Å²) >= 11 is 0. The molecule has 2 heteroatoms. The minimum absolute atomic E-state index is 0.492. The molecular formula is C39H28N2. The molecular weight excluding hydrogens is 496 g/mol. The van der Waals surface area contributed by atoms with Gasteiger partial charge in [0.2, 0.25) is 0 Å². The second-order valence-corrected chi connectivity index (χ2v) is 11.2. The van der Waals surface area contributed by atoms with E-state index in [0.717, 1.165) is 18.4 Å². The number of allylic oxidation sites excluding steroid dienone is 1. The first-order valence-electron chi connectivity index (χ1n) is 14.3. The Morgan fingerprint density at radius 1 is 0.732 bits per heavy atom. The quantitative estimate of drug-likeness (QED) is 0.227. The van der Waals surface area contributed by atoms with Crippen LogP contribution in [0.2, 0.25) is 0 Å². The summed E-state index contributed by atoms with van der Waals surface area (Å²) in [5.41, 5.74) is 13.9. The maximum absolute atomic E-state index is 9.78. The molecule has 0 fully saturated rings. The Kier molecular flexibility index (Phi) is 5.18. The molecule has 194 valence electrons. The smallest absolute Gasteiger partial charge is 0.0991 e. The average Bonchev–Trinajstić information content (AvgIpc) is 3.52. The van der Waals surface area contributed by atoms with Crippen molar-refractivity contribution in [3.8, 4) is 22.9 Å². The molecule has 1 unspecified atom stereocenters. The van der Waals surface area contributed by atoms with Gasteiger partial charge in [0.25, 0.3) is 0 Å². The molecule has 0 saturated heterocycles. The highest BCUT2D eigenvalue weighted by Gasteiger charge is 2.46. The minimum atomic E-state index is -0.492. The van der Waals surface area contributed by atoms with Crippen molar-refractivity contribution in [3.05, 3.63) is 166 Å². The van der Waals surface area contributed by atoms with Crippen molar-refractivity contribution in [2.45, 2.75) is 25.2 Å². The van der Waals surface area contributed by atoms with Gasteiger partial charge in [-0.25, -0.2) is 0 Å². The third-order valence-electron chi connectivity index (χ3n) is 9.06. The van der Waals surface area contributed by atoms with Gasteiger partial charge in [-0.15, -0.1) is 0 Å². The number of rotatable bonds is 3. The van der Waals surface area contributed by atoms with Crippen LogP contribution in [0.4, 0.5) is 0 Å². The Labute approximate surface area is 240 Å². The van der Waals surface area contributed by atoms with Crippen molar-refractivity contribution in [2.24, 2.45) is 0 Å². The molecule has 41 heavy (non-hydrogen) atoms. The summed E-state index contributed by atoms with van der Waals surface area (Å²) in [7, 11) is 0. The van der Waals surface area contributed by atoms with Crippen molar-refractivity contribution in [2.75, 3.05) is 0 Å². The Hall–Kier alpha value is -5.13. The summed E-state index contributed by atoms with van der Waals surface area (Å²) < 4.78 is 2.42. The van der Waals surface area contributed by atoms with Gasteiger partial charge in [-0.2, -0.15) is 5.26 Å². The number of fused-ring (bicyclic) bond motifs is 6. The zero-order valence-corrected chi connectivity index (χ0v) is 22.9. The fourth-order valence-corrected chi connectivity index (χ4v) is 7.27. The largest absolute Gasteiger partial charge is 0.310 e. The third kappa shape index (κ3) is 3.30. The second-order valence-electron chi connectivity index (χ2n) is 11.2. The molecule has 8 rings (SSSR count). The zero-order valence-electron chi connectivity index (χ0n) is 22.9. The van der Waals surface area contributed by atoms with E-state index >= 15 is 0 Å². The SMILES string of the molecule is Cc1ccc(C2(c3ccc4c(c3)c3c(n4-c4ccccc4)C=CCC3)c3ccccc3-c3cc(C#N)ccc32)cc1. The fourth-order valence-electron chi connectivity index (χ4n) is 7.27. The Bertz CT molecular complexity index is 2050. The predicted molar refractivity (Wildman–Crippen MR) is 167 cm³/mol. The van der Waals surface area contributed by atoms with Crippen LogP contribution < -0.4 is 0 Å². The van der Waals surface area contributed by atoms with E-state index in [1.807, 2.05) is 6.07 Å². The van der Waals surface area contributed by atoms with Gasteiger partial charge >= 0.3 is 0 Å². The standard InChI is InChI=1S/C39H28N2/c1-26-15-18-28(19-16-26)39(35-13-7-5-11-31(35)33-23-27(25-40)17-21-36(33)39)29-20-22-38-34(24-29)32-12-6-8-14-37(32)41(38)30-9-3-2-4-10-30/h2-5,7-11,13-24H,6,12H2,1H3. The molecule has 0 bridgehead atoms. The number of nitriles is 1. The molecule has 0 radical (unpaired) electrons. The van der Waals surface area contributed by atoms with E-state index in [1.165, 1.54) is 61.2 Å². The molecule has 0 N–H and O–H groups in total. The summed E-state index contributed by atoms with van der Waals surface area (Å²) in [6.45, 7) is 2.14. The highest BCUT2D eigenvalue weighted by Crippen LogP contribution is 2.56. The highest BCUT2D eigenvalue weighted by molar-refractivity contribution is 5.94. The van der Waals surface area contributed by atoms with Gasteiger partial charge in [0.05, 0.1) is 22.6 Å². The van der Waals surface area contributed by atoms with Crippen molar-refractivity contribution < 1.29 is 0 Å². The van der Waals surface area contributed by atoms with Crippen LogP contribution in [0.1, 0.15) is 51.1 Å². The lowest BCUT2D eigenvalue weighted by atomic mass is 9.67. The molecule has 2 nitrogen and oxygen atoms in total. The molecule has 6 aromatic rings. The van der Waals surface area contributed by atoms with Crippen LogP contribution in [0.15, 0.2) is 121 Å². The summed E-state index contributed by atoms with van der Waals surface area (Å²) in [5, 5.41) is 11.1. The first-order chi connectivity index (χ1) is 20.2. The number of aromatic nitrogens is 1. The number of aryl methyl sites for hydroxylation is 2. The van der Waals surface area contributed by atoms with Crippen LogP contribution >= 0.6 is 0 Å². The van der Waals surface area contributed by atoms with Crippen molar-refractivity contribution >= 4 is 17.0 Å². The van der Waals surface area contributed by atoms with Gasteiger partial charge in [0, 0.05) is 16.8 Å². The first-order valence-corrected chi connectivity index (χ1v) is 14.3. The van der Waals surface area contributed by atoms with Crippen LogP contribution in [0, 0.1) is 18.3 Å². The van der Waals surface area contributed by atoms with Crippen LogP contribution in [-0.2, 0) is 11.8 Å². The van der Waals surface area contributed by atoms with E-state index in [-0.39, 0.29) is 0 Å². The number of hydrogen-bond acceptors (Lipinski definition) is 1. The normalized spacial score (nSPS) is 16.7. The van der Waals surface area contributed by atoms with Crippen LogP contribution in [0.5, 0.6) is 0 Å². The molecule has 5 aromatic carbocycles. The summed E-state index contributed by atoms with van der Waals surface area (Å²) in [5.74, 6) is 0. The molecule has 1 heterocycles. The monoisotopic (exact) mass is 524 g/mol. The van der Waals surface area contributed by atoms with E-state index in [2.05, 4.69) is 139 Å². The topological polar surface area (TPSA) is 28.7 Å². The van der Waals surface area contributed by atoms with Gasteiger partial charge in [0.15, 0.2) is 0 Å². The Morgan fingerprint density at radius 3 is 2.32 bits per heavy atom. The second kappa shape index (κ2) is 8.95. The molecule has 0 aliphatic heterocycles. The molecule has 2 aliphatic rings. The van der Waals surface area contributed by atoms with Crippen molar-refractivity contribution in [1.29, 1.82) is 5.26 Å². The van der Waals surface area contributed by atoms with E-state index < -0.39 is 5.41 Å². The molecule has 0 saturated carbocycles. The minimum Gasteiger partial charge on any atom is -0.310 e. The summed E-state index contributed by atoms with van der Waals surface area (Å²) in [6.07, 6.45) is 6.68. The number of para-hydroxylation sites is 1. The van der Waals surface area contributed by atoms with Gasteiger partial charge in [-0.05, 0) is 101 Å². The summed E-state index contributed by atoms with van der Waals surface area (Å²) in [6, 6.07) is 44.2. The number of nitrogens with zero attached hydrogens (tertiary/aromatic N) is 2. The number of benzene rings is 5. The predicted octanol–water partition coefficient (Wildman–Crippen LogP) is 9.13. The molecule has 1 atom stereocenters. The van der Waals surface area contributed by atoms with E-state index in [4.69, 9.17) is 0 Å². The van der Waals surface area contributed by atoms with Gasteiger partial charge in [0.1, 0.15) is 0 Å².